The van der Waals surface area contributed by atoms with E-state index < -0.39 is 8.07 Å². The van der Waals surface area contributed by atoms with E-state index in [1.807, 2.05) is 11.3 Å². The van der Waals surface area contributed by atoms with E-state index in [0.717, 1.165) is 11.5 Å². The molecule has 3 rings (SSSR count). The molecule has 0 aliphatic rings. The van der Waals surface area contributed by atoms with Crippen LogP contribution in [0.25, 0.3) is 21.6 Å². The van der Waals surface area contributed by atoms with Gasteiger partial charge in [-0.05, 0) is 58.1 Å². The summed E-state index contributed by atoms with van der Waals surface area (Å²) in [6, 6.07) is 23.3. The van der Waals surface area contributed by atoms with Crippen LogP contribution in [0.5, 0.6) is 11.5 Å². The summed E-state index contributed by atoms with van der Waals surface area (Å²) in [7, 11) is 1.99. The first kappa shape index (κ1) is 20.7. The summed E-state index contributed by atoms with van der Waals surface area (Å²) in [5.74, 6) is 1.79. The normalized spacial score (nSPS) is 11.5. The van der Waals surface area contributed by atoms with Gasteiger partial charge in [0.15, 0.2) is 0 Å². The summed E-state index contributed by atoms with van der Waals surface area (Å²) >= 11 is 2.00. The van der Waals surface area contributed by atoms with Crippen LogP contribution in [0.4, 0.5) is 0 Å². The topological polar surface area (TPSA) is 18.5 Å². The highest BCUT2D eigenvalue weighted by atomic mass is 32.1. The number of rotatable bonds is 8. The molecule has 0 spiro atoms. The largest absolute Gasteiger partial charge is 0.497 e. The number of hydrogen-bond acceptors (Lipinski definition) is 3. The van der Waals surface area contributed by atoms with Crippen LogP contribution in [0, 0.1) is 0 Å². The third-order valence-corrected chi connectivity index (χ3v) is 13.9. The van der Waals surface area contributed by atoms with Crippen LogP contribution in [0.3, 0.4) is 0 Å². The first-order valence-electron chi connectivity index (χ1n) is 10.0. The zero-order valence-corrected chi connectivity index (χ0v) is 19.4. The van der Waals surface area contributed by atoms with E-state index in [4.69, 9.17) is 9.47 Å². The summed E-state index contributed by atoms with van der Waals surface area (Å²) in [5, 5.41) is 0. The molecule has 0 saturated heterocycles. The van der Waals surface area contributed by atoms with Crippen molar-refractivity contribution in [2.24, 2.45) is 0 Å². The van der Waals surface area contributed by atoms with Crippen LogP contribution >= 0.6 is 11.3 Å². The summed E-state index contributed by atoms with van der Waals surface area (Å²) in [6.07, 6.45) is 0. The van der Waals surface area contributed by atoms with Crippen molar-refractivity contribution in [2.75, 3.05) is 14.2 Å². The lowest BCUT2D eigenvalue weighted by Gasteiger charge is -2.26. The van der Waals surface area contributed by atoms with Crippen molar-refractivity contribution in [3.63, 3.8) is 0 Å². The highest BCUT2D eigenvalue weighted by Crippen LogP contribution is 2.39. The number of methoxy groups -OCH3 is 2. The van der Waals surface area contributed by atoms with Crippen LogP contribution < -0.4 is 14.0 Å². The van der Waals surface area contributed by atoms with E-state index in [1.54, 1.807) is 18.7 Å². The average molecular weight is 411 g/mol. The monoisotopic (exact) mass is 410 g/mol. The summed E-state index contributed by atoms with van der Waals surface area (Å²) < 4.78 is 12.3. The second kappa shape index (κ2) is 8.97. The van der Waals surface area contributed by atoms with Crippen LogP contribution in [0.15, 0.2) is 54.6 Å². The van der Waals surface area contributed by atoms with E-state index >= 15 is 0 Å². The average Bonchev–Trinajstić information content (AvgIpc) is 3.21. The van der Waals surface area contributed by atoms with Gasteiger partial charge in [-0.2, -0.15) is 0 Å². The maximum Gasteiger partial charge on any atom is 0.118 e. The molecule has 0 atom stereocenters. The molecule has 0 N–H and O–H groups in total. The second-order valence-electron chi connectivity index (χ2n) is 7.15. The number of benzene rings is 2. The molecule has 0 fully saturated rings. The molecular weight excluding hydrogens is 380 g/mol. The Kier molecular flexibility index (Phi) is 6.63. The number of hydrogen-bond donors (Lipinski definition) is 0. The summed E-state index contributed by atoms with van der Waals surface area (Å²) in [6.45, 7) is 7.12. The molecule has 4 heteroatoms. The Hall–Kier alpha value is -2.04. The molecule has 148 valence electrons. The van der Waals surface area contributed by atoms with Gasteiger partial charge in [0.1, 0.15) is 11.5 Å². The van der Waals surface area contributed by atoms with Gasteiger partial charge in [-0.3, -0.25) is 0 Å². The van der Waals surface area contributed by atoms with Gasteiger partial charge in [0.25, 0.3) is 0 Å². The van der Waals surface area contributed by atoms with E-state index in [9.17, 15) is 0 Å². The van der Waals surface area contributed by atoms with Crippen molar-refractivity contribution in [1.29, 1.82) is 0 Å². The molecular formula is C24H30O2SSi. The number of thiophene rings is 1. The molecule has 0 aliphatic carbocycles. The molecule has 2 aromatic carbocycles. The predicted molar refractivity (Wildman–Crippen MR) is 125 cm³/mol. The van der Waals surface area contributed by atoms with E-state index in [0.29, 0.717) is 0 Å². The summed E-state index contributed by atoms with van der Waals surface area (Å²) in [5.41, 5.74) is 3.84. The van der Waals surface area contributed by atoms with E-state index in [2.05, 4.69) is 75.4 Å². The lowest BCUT2D eigenvalue weighted by molar-refractivity contribution is 0.414. The molecule has 3 aromatic rings. The minimum atomic E-state index is -1.44. The third kappa shape index (κ3) is 3.89. The molecule has 2 nitrogen and oxygen atoms in total. The third-order valence-electron chi connectivity index (χ3n) is 6.04. The Bertz CT molecular complexity index is 820. The van der Waals surface area contributed by atoms with E-state index in [1.165, 1.54) is 39.7 Å². The van der Waals surface area contributed by atoms with Gasteiger partial charge < -0.3 is 9.47 Å². The Morgan fingerprint density at radius 1 is 0.714 bits per heavy atom. The van der Waals surface area contributed by atoms with Crippen molar-refractivity contribution < 1.29 is 9.47 Å². The molecule has 0 bridgehead atoms. The Morgan fingerprint density at radius 3 is 1.61 bits per heavy atom. The Balaban J connectivity index is 2.16. The lowest BCUT2D eigenvalue weighted by atomic mass is 10.0. The minimum absolute atomic E-state index is 0.893. The fourth-order valence-corrected chi connectivity index (χ4v) is 10.3. The molecule has 1 aromatic heterocycles. The SMILES string of the molecule is CC[Si](CC)(CC)c1cc(-c2ccc(OC)cc2)c(-c2ccc(OC)cc2)s1. The molecule has 0 aliphatic heterocycles. The molecule has 28 heavy (non-hydrogen) atoms. The van der Waals surface area contributed by atoms with Crippen LogP contribution in [0.2, 0.25) is 18.1 Å². The van der Waals surface area contributed by atoms with Gasteiger partial charge in [0.2, 0.25) is 0 Å². The first-order valence-corrected chi connectivity index (χ1v) is 13.5. The first-order chi connectivity index (χ1) is 13.6. The van der Waals surface area contributed by atoms with Gasteiger partial charge in [-0.25, -0.2) is 0 Å². The zero-order chi connectivity index (χ0) is 20.1. The van der Waals surface area contributed by atoms with Gasteiger partial charge in [-0.15, -0.1) is 11.3 Å². The zero-order valence-electron chi connectivity index (χ0n) is 17.5. The fourth-order valence-electron chi connectivity index (χ4n) is 3.87. The Labute approximate surface area is 174 Å². The predicted octanol–water partition coefficient (Wildman–Crippen LogP) is 6.81. The maximum absolute atomic E-state index is 5.35. The smallest absolute Gasteiger partial charge is 0.118 e. The molecule has 0 amide bonds. The van der Waals surface area contributed by atoms with Crippen molar-refractivity contribution in [2.45, 2.75) is 38.9 Å². The van der Waals surface area contributed by atoms with Crippen LogP contribution in [-0.4, -0.2) is 22.3 Å². The van der Waals surface area contributed by atoms with Gasteiger partial charge in [0, 0.05) is 10.4 Å². The van der Waals surface area contributed by atoms with Gasteiger partial charge in [-0.1, -0.05) is 51.0 Å². The van der Waals surface area contributed by atoms with Gasteiger partial charge >= 0.3 is 0 Å². The molecule has 0 saturated carbocycles. The summed E-state index contributed by atoms with van der Waals surface area (Å²) in [4.78, 5) is 1.36. The van der Waals surface area contributed by atoms with E-state index in [-0.39, 0.29) is 0 Å². The highest BCUT2D eigenvalue weighted by molar-refractivity contribution is 7.29. The second-order valence-corrected chi connectivity index (χ2v) is 13.8. The lowest BCUT2D eigenvalue weighted by Crippen LogP contribution is -2.43. The van der Waals surface area contributed by atoms with Crippen molar-refractivity contribution >= 4 is 23.9 Å². The maximum atomic E-state index is 5.35. The molecule has 0 radical (unpaired) electrons. The molecule has 0 unspecified atom stereocenters. The van der Waals surface area contributed by atoms with Crippen molar-refractivity contribution in [1.82, 2.24) is 0 Å². The van der Waals surface area contributed by atoms with Gasteiger partial charge in [0.05, 0.1) is 22.3 Å². The molecule has 1 heterocycles. The fraction of sp³-hybridized carbons (Fsp3) is 0.333. The van der Waals surface area contributed by atoms with Crippen molar-refractivity contribution in [3.8, 4) is 33.1 Å². The number of ether oxygens (including phenoxy) is 2. The van der Waals surface area contributed by atoms with Crippen molar-refractivity contribution in [3.05, 3.63) is 54.6 Å². The van der Waals surface area contributed by atoms with Crippen LogP contribution in [-0.2, 0) is 0 Å². The Morgan fingerprint density at radius 2 is 1.18 bits per heavy atom. The standard InChI is InChI=1S/C24H30O2SSi/c1-6-28(7-2,8-3)23-17-22(18-9-13-20(25-4)14-10-18)24(27-23)19-11-15-21(26-5)16-12-19/h9-17H,6-8H2,1-5H3. The quantitative estimate of drug-likeness (QED) is 0.380. The van der Waals surface area contributed by atoms with Crippen LogP contribution in [0.1, 0.15) is 20.8 Å². The highest BCUT2D eigenvalue weighted by Gasteiger charge is 2.32. The minimum Gasteiger partial charge on any atom is -0.497 e.